The van der Waals surface area contributed by atoms with Gasteiger partial charge in [0.25, 0.3) is 0 Å². The monoisotopic (exact) mass is 284 g/mol. The summed E-state index contributed by atoms with van der Waals surface area (Å²) in [5, 5.41) is 8.93. The first-order valence-corrected chi connectivity index (χ1v) is 5.95. The van der Waals surface area contributed by atoms with E-state index in [1.54, 1.807) is 0 Å². The molecule has 0 atom stereocenters. The summed E-state index contributed by atoms with van der Waals surface area (Å²) in [7, 11) is 0. The summed E-state index contributed by atoms with van der Waals surface area (Å²) in [4.78, 5) is 10.9. The molecular formula is C13H7F3O2S. The lowest BCUT2D eigenvalue weighted by Gasteiger charge is -2.07. The van der Waals surface area contributed by atoms with Gasteiger partial charge in [0.15, 0.2) is 0 Å². The van der Waals surface area contributed by atoms with Crippen molar-refractivity contribution in [1.29, 1.82) is 0 Å². The summed E-state index contributed by atoms with van der Waals surface area (Å²) < 4.78 is 39.9. The van der Waals surface area contributed by atoms with Gasteiger partial charge < -0.3 is 5.11 Å². The Labute approximate surface area is 110 Å². The van der Waals surface area contributed by atoms with Crippen LogP contribution in [0.25, 0.3) is 0 Å². The van der Waals surface area contributed by atoms with E-state index in [1.807, 2.05) is 0 Å². The third kappa shape index (κ3) is 2.90. The second kappa shape index (κ2) is 5.36. The number of benzene rings is 2. The molecule has 2 nitrogen and oxygen atoms in total. The Kier molecular flexibility index (Phi) is 3.80. The molecule has 2 aromatic rings. The van der Waals surface area contributed by atoms with E-state index in [9.17, 15) is 18.0 Å². The van der Waals surface area contributed by atoms with Crippen LogP contribution in [-0.4, -0.2) is 11.1 Å². The Morgan fingerprint density at radius 3 is 2.42 bits per heavy atom. The smallest absolute Gasteiger partial charge is 0.339 e. The van der Waals surface area contributed by atoms with Gasteiger partial charge in [0.2, 0.25) is 0 Å². The van der Waals surface area contributed by atoms with E-state index in [-0.39, 0.29) is 9.79 Å². The van der Waals surface area contributed by atoms with Gasteiger partial charge in [0.05, 0.1) is 4.90 Å². The Bertz CT molecular complexity index is 644. The minimum absolute atomic E-state index is 0.0111. The first-order chi connectivity index (χ1) is 8.99. The second-order valence-electron chi connectivity index (χ2n) is 3.59. The molecule has 0 amide bonds. The normalized spacial score (nSPS) is 10.5. The maximum atomic E-state index is 13.5. The maximum absolute atomic E-state index is 13.5. The first kappa shape index (κ1) is 13.5. The average Bonchev–Trinajstić information content (AvgIpc) is 2.33. The van der Waals surface area contributed by atoms with E-state index in [2.05, 4.69) is 0 Å². The van der Waals surface area contributed by atoms with Gasteiger partial charge in [-0.3, -0.25) is 0 Å². The van der Waals surface area contributed by atoms with Crippen LogP contribution in [0.3, 0.4) is 0 Å². The standard InChI is InChI=1S/C13H7F3O2S/c14-7-4-5-8(15)11(6-7)19-10-3-1-2-9(16)12(10)13(17)18/h1-6H,(H,17,18). The zero-order chi connectivity index (χ0) is 14.0. The van der Waals surface area contributed by atoms with Crippen molar-refractivity contribution in [2.24, 2.45) is 0 Å². The topological polar surface area (TPSA) is 37.3 Å². The van der Waals surface area contributed by atoms with Gasteiger partial charge in [0, 0.05) is 4.90 Å². The van der Waals surface area contributed by atoms with E-state index in [4.69, 9.17) is 5.11 Å². The fraction of sp³-hybridized carbons (Fsp3) is 0. The van der Waals surface area contributed by atoms with Crippen LogP contribution in [-0.2, 0) is 0 Å². The number of aromatic carboxylic acids is 1. The summed E-state index contributed by atoms with van der Waals surface area (Å²) in [6.07, 6.45) is 0. The van der Waals surface area contributed by atoms with E-state index in [0.29, 0.717) is 11.8 Å². The Balaban J connectivity index is 2.46. The fourth-order valence-corrected chi connectivity index (χ4v) is 2.48. The molecule has 1 N–H and O–H groups in total. The van der Waals surface area contributed by atoms with Crippen molar-refractivity contribution >= 4 is 17.7 Å². The van der Waals surface area contributed by atoms with E-state index in [0.717, 1.165) is 24.3 Å². The molecule has 98 valence electrons. The molecule has 0 aliphatic heterocycles. The van der Waals surface area contributed by atoms with E-state index < -0.39 is 29.0 Å². The molecular weight excluding hydrogens is 277 g/mol. The summed E-state index contributed by atoms with van der Waals surface area (Å²) in [5.74, 6) is -3.74. The number of hydrogen-bond acceptors (Lipinski definition) is 2. The molecule has 0 aliphatic rings. The Morgan fingerprint density at radius 2 is 1.74 bits per heavy atom. The minimum atomic E-state index is -1.46. The van der Waals surface area contributed by atoms with Crippen molar-refractivity contribution in [3.05, 3.63) is 59.4 Å². The number of hydrogen-bond donors (Lipinski definition) is 1. The summed E-state index contributed by atoms with van der Waals surface area (Å²) in [6.45, 7) is 0. The molecule has 0 spiro atoms. The number of carbonyl (C=O) groups is 1. The second-order valence-corrected chi connectivity index (χ2v) is 4.68. The Morgan fingerprint density at radius 1 is 1.00 bits per heavy atom. The average molecular weight is 284 g/mol. The van der Waals surface area contributed by atoms with Crippen LogP contribution < -0.4 is 0 Å². The lowest BCUT2D eigenvalue weighted by molar-refractivity contribution is 0.0688. The molecule has 0 saturated heterocycles. The van der Waals surface area contributed by atoms with Crippen molar-refractivity contribution in [3.8, 4) is 0 Å². The van der Waals surface area contributed by atoms with Gasteiger partial charge in [-0.05, 0) is 30.3 Å². The largest absolute Gasteiger partial charge is 0.478 e. The molecule has 0 fully saturated rings. The molecule has 2 aromatic carbocycles. The van der Waals surface area contributed by atoms with Crippen LogP contribution >= 0.6 is 11.8 Å². The molecule has 0 bridgehead atoms. The lowest BCUT2D eigenvalue weighted by atomic mass is 10.2. The molecule has 0 aromatic heterocycles. The van der Waals surface area contributed by atoms with Crippen LogP contribution in [0.5, 0.6) is 0 Å². The predicted molar refractivity (Wildman–Crippen MR) is 63.8 cm³/mol. The summed E-state index contributed by atoms with van der Waals surface area (Å²) in [5.41, 5.74) is -0.559. The van der Waals surface area contributed by atoms with Gasteiger partial charge in [-0.15, -0.1) is 0 Å². The Hall–Kier alpha value is -1.95. The van der Waals surface area contributed by atoms with E-state index >= 15 is 0 Å². The predicted octanol–water partition coefficient (Wildman–Crippen LogP) is 3.95. The van der Waals surface area contributed by atoms with Crippen molar-refractivity contribution in [1.82, 2.24) is 0 Å². The van der Waals surface area contributed by atoms with Gasteiger partial charge >= 0.3 is 5.97 Å². The molecule has 6 heteroatoms. The van der Waals surface area contributed by atoms with Crippen LogP contribution in [0.1, 0.15) is 10.4 Å². The van der Waals surface area contributed by atoms with Crippen LogP contribution in [0.15, 0.2) is 46.2 Å². The number of carboxylic acid groups (broad SMARTS) is 1. The molecule has 0 heterocycles. The van der Waals surface area contributed by atoms with Crippen LogP contribution in [0.4, 0.5) is 13.2 Å². The fourth-order valence-electron chi connectivity index (χ4n) is 1.47. The molecule has 19 heavy (non-hydrogen) atoms. The van der Waals surface area contributed by atoms with E-state index in [1.165, 1.54) is 12.1 Å². The van der Waals surface area contributed by atoms with Crippen molar-refractivity contribution in [2.75, 3.05) is 0 Å². The number of halogens is 3. The highest BCUT2D eigenvalue weighted by Crippen LogP contribution is 2.33. The molecule has 0 aliphatic carbocycles. The van der Waals surface area contributed by atoms with Crippen molar-refractivity contribution < 1.29 is 23.1 Å². The molecule has 0 radical (unpaired) electrons. The highest BCUT2D eigenvalue weighted by molar-refractivity contribution is 7.99. The highest BCUT2D eigenvalue weighted by atomic mass is 32.2. The highest BCUT2D eigenvalue weighted by Gasteiger charge is 2.17. The zero-order valence-corrected chi connectivity index (χ0v) is 10.2. The van der Waals surface area contributed by atoms with Crippen molar-refractivity contribution in [3.63, 3.8) is 0 Å². The first-order valence-electron chi connectivity index (χ1n) is 5.13. The molecule has 0 saturated carbocycles. The summed E-state index contributed by atoms with van der Waals surface area (Å²) >= 11 is 0.662. The third-order valence-electron chi connectivity index (χ3n) is 2.30. The van der Waals surface area contributed by atoms with Gasteiger partial charge in [0.1, 0.15) is 23.0 Å². The van der Waals surface area contributed by atoms with Crippen LogP contribution in [0.2, 0.25) is 0 Å². The molecule has 0 unspecified atom stereocenters. The lowest BCUT2D eigenvalue weighted by Crippen LogP contribution is -2.02. The quantitative estimate of drug-likeness (QED) is 0.927. The zero-order valence-electron chi connectivity index (χ0n) is 9.36. The third-order valence-corrected chi connectivity index (χ3v) is 3.40. The van der Waals surface area contributed by atoms with Gasteiger partial charge in [-0.1, -0.05) is 17.8 Å². The number of rotatable bonds is 3. The molecule has 2 rings (SSSR count). The SMILES string of the molecule is O=C(O)c1c(F)cccc1Sc1cc(F)ccc1F. The maximum Gasteiger partial charge on any atom is 0.339 e. The number of carboxylic acids is 1. The van der Waals surface area contributed by atoms with Crippen LogP contribution in [0, 0.1) is 17.5 Å². The summed E-state index contributed by atoms with van der Waals surface area (Å²) in [6, 6.07) is 6.44. The van der Waals surface area contributed by atoms with Crippen molar-refractivity contribution in [2.45, 2.75) is 9.79 Å². The van der Waals surface area contributed by atoms with Gasteiger partial charge in [-0.2, -0.15) is 0 Å². The van der Waals surface area contributed by atoms with Gasteiger partial charge in [-0.25, -0.2) is 18.0 Å². The minimum Gasteiger partial charge on any atom is -0.478 e.